The molecule has 4 nitrogen and oxygen atoms in total. The molecule has 3 aromatic carbocycles. The average Bonchev–Trinajstić information content (AvgIpc) is 2.70. The van der Waals surface area contributed by atoms with Gasteiger partial charge in [0.25, 0.3) is 0 Å². The van der Waals surface area contributed by atoms with Crippen molar-refractivity contribution in [2.45, 2.75) is 30.1 Å². The van der Waals surface area contributed by atoms with Gasteiger partial charge in [0.05, 0.1) is 10.3 Å². The van der Waals surface area contributed by atoms with E-state index in [2.05, 4.69) is 34.2 Å². The molecule has 0 spiro atoms. The molecular weight excluding hydrogens is 391 g/mol. The maximum atomic E-state index is 12.6. The summed E-state index contributed by atoms with van der Waals surface area (Å²) in [5.74, 6) is 0. The summed E-state index contributed by atoms with van der Waals surface area (Å²) in [7, 11) is -3.83. The normalized spacial score (nSPS) is 16.5. The van der Waals surface area contributed by atoms with Crippen molar-refractivity contribution >= 4 is 15.7 Å². The fraction of sp³-hybridized carbons (Fsp3) is 0.174. The van der Waals surface area contributed by atoms with Crippen LogP contribution in [0.5, 0.6) is 0 Å². The number of hydrogen-bond donors (Lipinski definition) is 0. The molecule has 29 heavy (non-hydrogen) atoms. The second-order valence-corrected chi connectivity index (χ2v) is 8.64. The van der Waals surface area contributed by atoms with Crippen molar-refractivity contribution in [3.05, 3.63) is 106 Å². The van der Waals surface area contributed by atoms with E-state index in [0.29, 0.717) is 0 Å². The van der Waals surface area contributed by atoms with Gasteiger partial charge in [-0.3, -0.25) is 0 Å². The van der Waals surface area contributed by atoms with Crippen LogP contribution in [0.15, 0.2) is 94.9 Å². The van der Waals surface area contributed by atoms with E-state index in [1.807, 2.05) is 43.3 Å². The zero-order valence-electron chi connectivity index (χ0n) is 16.6. The van der Waals surface area contributed by atoms with E-state index in [1.54, 1.807) is 24.3 Å². The largest absolute Gasteiger partial charge is 1.00 e. The molecule has 0 N–H and O–H groups in total. The Morgan fingerprint density at radius 1 is 0.828 bits per heavy atom. The molecule has 0 bridgehead atoms. The summed E-state index contributed by atoms with van der Waals surface area (Å²) in [5.41, 5.74) is 3.56. The van der Waals surface area contributed by atoms with Crippen molar-refractivity contribution in [3.8, 4) is 0 Å². The zero-order chi connectivity index (χ0) is 19.6. The average molecular weight is 412 g/mol. The summed E-state index contributed by atoms with van der Waals surface area (Å²) < 4.78 is 25.2. The second-order valence-electron chi connectivity index (χ2n) is 7.05. The minimum atomic E-state index is -3.83. The van der Waals surface area contributed by atoms with Gasteiger partial charge in [0.1, 0.15) is 10.0 Å². The molecule has 1 fully saturated rings. The Morgan fingerprint density at radius 3 is 1.79 bits per heavy atom. The van der Waals surface area contributed by atoms with Gasteiger partial charge >= 0.3 is 29.6 Å². The molecule has 1 saturated carbocycles. The van der Waals surface area contributed by atoms with Crippen LogP contribution in [-0.2, 0) is 15.4 Å². The van der Waals surface area contributed by atoms with Gasteiger partial charge in [0.15, 0.2) is 0 Å². The number of aryl methyl sites for hydroxylation is 1. The van der Waals surface area contributed by atoms with Crippen molar-refractivity contribution < 1.29 is 38.0 Å². The third kappa shape index (κ3) is 4.19. The fourth-order valence-electron chi connectivity index (χ4n) is 3.72. The van der Waals surface area contributed by atoms with Gasteiger partial charge < -0.3 is 9.93 Å². The van der Waals surface area contributed by atoms with Gasteiger partial charge in [-0.2, -0.15) is 0 Å². The first kappa shape index (κ1) is 21.8. The van der Waals surface area contributed by atoms with Crippen LogP contribution in [0, 0.1) is 6.92 Å². The minimum absolute atomic E-state index is 0. The van der Waals surface area contributed by atoms with E-state index in [0.717, 1.165) is 35.2 Å². The summed E-state index contributed by atoms with van der Waals surface area (Å²) in [4.78, 5) is 3.94. The minimum Gasteiger partial charge on any atom is -0.491 e. The van der Waals surface area contributed by atoms with Crippen LogP contribution in [0.3, 0.4) is 0 Å². The fourth-order valence-corrected chi connectivity index (χ4v) is 4.50. The van der Waals surface area contributed by atoms with Crippen LogP contribution < -0.4 is 29.6 Å². The van der Waals surface area contributed by atoms with Crippen LogP contribution in [0.1, 0.15) is 29.5 Å². The predicted molar refractivity (Wildman–Crippen MR) is 112 cm³/mol. The third-order valence-corrected chi connectivity index (χ3v) is 6.52. The van der Waals surface area contributed by atoms with Crippen molar-refractivity contribution in [1.82, 2.24) is 0 Å². The monoisotopic (exact) mass is 412 g/mol. The van der Waals surface area contributed by atoms with Crippen molar-refractivity contribution in [2.75, 3.05) is 0 Å². The Hall–Kier alpha value is -1.92. The second kappa shape index (κ2) is 8.84. The molecule has 0 saturated heterocycles. The van der Waals surface area contributed by atoms with Crippen LogP contribution in [0.2, 0.25) is 0 Å². The molecule has 0 heterocycles. The number of nitrogens with zero attached hydrogens (tertiary/aromatic N) is 2. The summed E-state index contributed by atoms with van der Waals surface area (Å²) in [6, 6.07) is 26.9. The molecule has 0 amide bonds. The Balaban J connectivity index is 0.00000240. The van der Waals surface area contributed by atoms with E-state index in [-0.39, 0.29) is 34.5 Å². The number of hydrogen-bond acceptors (Lipinski definition) is 3. The van der Waals surface area contributed by atoms with Gasteiger partial charge in [-0.05, 0) is 43.0 Å². The van der Waals surface area contributed by atoms with E-state index in [1.165, 1.54) is 0 Å². The molecule has 0 unspecified atom stereocenters. The smallest absolute Gasteiger partial charge is 0.491 e. The van der Waals surface area contributed by atoms with Gasteiger partial charge in [0.2, 0.25) is 0 Å². The predicted octanol–water partition coefficient (Wildman–Crippen LogP) is 2.20. The van der Waals surface area contributed by atoms with Crippen LogP contribution in [0.25, 0.3) is 4.83 Å². The molecule has 0 aromatic heterocycles. The number of benzene rings is 3. The number of sulfonamides is 1. The topological polar surface area (TPSA) is 60.6 Å². The molecule has 6 heteroatoms. The number of rotatable bonds is 5. The molecule has 0 aliphatic heterocycles. The third-order valence-electron chi connectivity index (χ3n) is 5.35. The SMILES string of the molecule is Cc1ccc(S(=O)(=O)[N-]/N=C2\CCC2(c2ccccc2)c2ccccc2)cc1.[Na+]. The molecule has 142 valence electrons. The summed E-state index contributed by atoms with van der Waals surface area (Å²) >= 11 is 0. The first-order valence-electron chi connectivity index (χ1n) is 9.24. The summed E-state index contributed by atoms with van der Waals surface area (Å²) in [6.07, 6.45) is 1.59. The van der Waals surface area contributed by atoms with Crippen molar-refractivity contribution in [2.24, 2.45) is 5.10 Å². The van der Waals surface area contributed by atoms with E-state index >= 15 is 0 Å². The summed E-state index contributed by atoms with van der Waals surface area (Å²) in [6.45, 7) is 1.91. The standard InChI is InChI=1S/C23H21N2O2S.Na/c1-18-12-14-21(15-13-18)28(26,27)25-24-22-16-17-23(22,19-8-4-2-5-9-19)20-10-6-3-7-11-20;/h2-15H,16-17H2,1H3;/q-1;+1/b24-22+;. The maximum absolute atomic E-state index is 12.6. The van der Waals surface area contributed by atoms with E-state index < -0.39 is 15.4 Å². The summed E-state index contributed by atoms with van der Waals surface area (Å²) in [5, 5.41) is 4.26. The van der Waals surface area contributed by atoms with E-state index in [9.17, 15) is 8.42 Å². The quantitative estimate of drug-likeness (QED) is 0.477. The molecule has 3 aromatic rings. The molecular formula is C23H21N2NaO2S. The molecule has 1 aliphatic rings. The van der Waals surface area contributed by atoms with Crippen LogP contribution in [0.4, 0.5) is 0 Å². The molecule has 0 atom stereocenters. The van der Waals surface area contributed by atoms with Gasteiger partial charge in [0, 0.05) is 5.71 Å². The van der Waals surface area contributed by atoms with Crippen LogP contribution >= 0.6 is 0 Å². The first-order chi connectivity index (χ1) is 13.5. The van der Waals surface area contributed by atoms with Crippen molar-refractivity contribution in [1.29, 1.82) is 0 Å². The van der Waals surface area contributed by atoms with Crippen molar-refractivity contribution in [3.63, 3.8) is 0 Å². The van der Waals surface area contributed by atoms with Gasteiger partial charge in [-0.25, -0.2) is 8.42 Å². The first-order valence-corrected chi connectivity index (χ1v) is 10.7. The van der Waals surface area contributed by atoms with Crippen LogP contribution in [-0.4, -0.2) is 14.1 Å². The van der Waals surface area contributed by atoms with E-state index in [4.69, 9.17) is 0 Å². The Labute approximate surface area is 194 Å². The maximum Gasteiger partial charge on any atom is 1.00 e. The molecule has 4 rings (SSSR count). The van der Waals surface area contributed by atoms with Gasteiger partial charge in [-0.1, -0.05) is 78.4 Å². The Bertz CT molecular complexity index is 1060. The zero-order valence-corrected chi connectivity index (χ0v) is 19.4. The molecule has 0 radical (unpaired) electrons. The Morgan fingerprint density at radius 2 is 1.34 bits per heavy atom. The Kier molecular flexibility index (Phi) is 6.64. The van der Waals surface area contributed by atoms with Gasteiger partial charge in [-0.15, -0.1) is 0 Å². The molecule has 1 aliphatic carbocycles.